The van der Waals surface area contributed by atoms with Gasteiger partial charge in [0.2, 0.25) is 0 Å². The molecule has 0 aromatic heterocycles. The summed E-state index contributed by atoms with van der Waals surface area (Å²) in [6, 6.07) is 11.7. The maximum absolute atomic E-state index is 12.6. The van der Waals surface area contributed by atoms with E-state index in [0.29, 0.717) is 19.7 Å². The van der Waals surface area contributed by atoms with Crippen molar-refractivity contribution in [2.45, 2.75) is 12.6 Å². The lowest BCUT2D eigenvalue weighted by molar-refractivity contribution is -0.145. The van der Waals surface area contributed by atoms with Crippen LogP contribution in [0.5, 0.6) is 5.75 Å². The van der Waals surface area contributed by atoms with Gasteiger partial charge in [0.1, 0.15) is 5.75 Å². The smallest absolute Gasteiger partial charge is 0.317 e. The minimum Gasteiger partial charge on any atom is -0.496 e. The van der Waals surface area contributed by atoms with E-state index in [9.17, 15) is 9.59 Å². The molecule has 3 rings (SSSR count). The summed E-state index contributed by atoms with van der Waals surface area (Å²) in [6.45, 7) is 1.38. The van der Waals surface area contributed by atoms with Crippen molar-refractivity contribution < 1.29 is 19.1 Å². The van der Waals surface area contributed by atoms with E-state index in [0.717, 1.165) is 22.1 Å². The number of hydrogen-bond donors (Lipinski definition) is 1. The highest BCUT2D eigenvalue weighted by molar-refractivity contribution is 5.88. The maximum Gasteiger partial charge on any atom is 0.317 e. The van der Waals surface area contributed by atoms with E-state index in [-0.39, 0.29) is 18.5 Å². The predicted molar refractivity (Wildman–Crippen MR) is 103 cm³/mol. The quantitative estimate of drug-likeness (QED) is 0.890. The van der Waals surface area contributed by atoms with Crippen LogP contribution in [-0.4, -0.2) is 68.7 Å². The summed E-state index contributed by atoms with van der Waals surface area (Å²) in [5.41, 5.74) is 0.929. The average Bonchev–Trinajstić information content (AvgIpc) is 2.70. The van der Waals surface area contributed by atoms with Crippen LogP contribution < -0.4 is 10.1 Å². The van der Waals surface area contributed by atoms with Crippen molar-refractivity contribution in [2.24, 2.45) is 0 Å². The van der Waals surface area contributed by atoms with Gasteiger partial charge in [0.15, 0.2) is 6.10 Å². The van der Waals surface area contributed by atoms with E-state index in [1.807, 2.05) is 36.4 Å². The van der Waals surface area contributed by atoms with Crippen LogP contribution in [0.1, 0.15) is 5.56 Å². The second-order valence-corrected chi connectivity index (χ2v) is 6.66. The number of hydrogen-bond acceptors (Lipinski definition) is 4. The number of benzene rings is 2. The highest BCUT2D eigenvalue weighted by Gasteiger charge is 2.30. The Hall–Kier alpha value is -2.80. The molecule has 27 heavy (non-hydrogen) atoms. The zero-order chi connectivity index (χ0) is 19.4. The summed E-state index contributed by atoms with van der Waals surface area (Å²) in [4.78, 5) is 27.8. The minimum absolute atomic E-state index is 0.136. The highest BCUT2D eigenvalue weighted by atomic mass is 16.5. The van der Waals surface area contributed by atoms with Gasteiger partial charge in [0.05, 0.1) is 20.3 Å². The number of carbonyl (C=O) groups excluding carboxylic acids is 2. The van der Waals surface area contributed by atoms with Gasteiger partial charge in [-0.1, -0.05) is 30.3 Å². The molecule has 2 aromatic carbocycles. The molecule has 0 radical (unpaired) electrons. The molecule has 7 heteroatoms. The van der Waals surface area contributed by atoms with Gasteiger partial charge in [-0.15, -0.1) is 0 Å². The van der Waals surface area contributed by atoms with Crippen LogP contribution in [0, 0.1) is 0 Å². The van der Waals surface area contributed by atoms with Gasteiger partial charge in [-0.25, -0.2) is 4.79 Å². The van der Waals surface area contributed by atoms with E-state index in [1.54, 1.807) is 26.1 Å². The van der Waals surface area contributed by atoms with E-state index in [1.165, 1.54) is 4.90 Å². The van der Waals surface area contributed by atoms with Crippen molar-refractivity contribution in [2.75, 3.05) is 40.9 Å². The number of carbonyl (C=O) groups is 2. The molecule has 1 N–H and O–H groups in total. The van der Waals surface area contributed by atoms with E-state index in [2.05, 4.69) is 5.32 Å². The molecule has 0 bridgehead atoms. The molecule has 1 heterocycles. The fraction of sp³-hybridized carbons (Fsp3) is 0.400. The third-order valence-electron chi connectivity index (χ3n) is 4.70. The van der Waals surface area contributed by atoms with Crippen molar-refractivity contribution in [3.63, 3.8) is 0 Å². The molecule has 144 valence electrons. The molecular weight excluding hydrogens is 346 g/mol. The van der Waals surface area contributed by atoms with Crippen molar-refractivity contribution in [1.29, 1.82) is 0 Å². The Morgan fingerprint density at radius 1 is 1.26 bits per heavy atom. The fourth-order valence-corrected chi connectivity index (χ4v) is 3.24. The van der Waals surface area contributed by atoms with Crippen LogP contribution in [0.25, 0.3) is 10.8 Å². The molecule has 1 saturated heterocycles. The largest absolute Gasteiger partial charge is 0.496 e. The van der Waals surface area contributed by atoms with Gasteiger partial charge in [-0.3, -0.25) is 4.79 Å². The van der Waals surface area contributed by atoms with Gasteiger partial charge in [-0.05, 0) is 16.8 Å². The van der Waals surface area contributed by atoms with Crippen molar-refractivity contribution in [3.8, 4) is 5.75 Å². The predicted octanol–water partition coefficient (Wildman–Crippen LogP) is 1.85. The Morgan fingerprint density at radius 2 is 2.04 bits per heavy atom. The third-order valence-corrected chi connectivity index (χ3v) is 4.70. The molecule has 0 aliphatic carbocycles. The first-order valence-electron chi connectivity index (χ1n) is 8.91. The van der Waals surface area contributed by atoms with Crippen molar-refractivity contribution >= 4 is 22.7 Å². The SMILES string of the molecule is COc1ccc2ccccc2c1CNC(=O)N1CCO[C@@H](C(=O)N(C)C)C1. The zero-order valence-electron chi connectivity index (χ0n) is 15.9. The number of nitrogens with zero attached hydrogens (tertiary/aromatic N) is 2. The first-order valence-corrected chi connectivity index (χ1v) is 8.91. The summed E-state index contributed by atoms with van der Waals surface area (Å²) in [5, 5.41) is 5.08. The van der Waals surface area contributed by atoms with Crippen molar-refractivity contribution in [3.05, 3.63) is 42.0 Å². The normalized spacial score (nSPS) is 16.9. The highest BCUT2D eigenvalue weighted by Crippen LogP contribution is 2.27. The Bertz CT molecular complexity index is 837. The number of nitrogens with one attached hydrogen (secondary N) is 1. The molecular formula is C20H25N3O4. The van der Waals surface area contributed by atoms with Gasteiger partial charge >= 0.3 is 6.03 Å². The van der Waals surface area contributed by atoms with Crippen molar-refractivity contribution in [1.82, 2.24) is 15.1 Å². The first kappa shape index (κ1) is 19.0. The summed E-state index contributed by atoms with van der Waals surface area (Å²) < 4.78 is 11.0. The number of urea groups is 1. The molecule has 1 aliphatic rings. The summed E-state index contributed by atoms with van der Waals surface area (Å²) >= 11 is 0. The van der Waals surface area contributed by atoms with Crippen LogP contribution in [0.15, 0.2) is 36.4 Å². The van der Waals surface area contributed by atoms with Crippen LogP contribution in [0.3, 0.4) is 0 Å². The molecule has 3 amide bonds. The Balaban J connectivity index is 1.71. The van der Waals surface area contributed by atoms with Crippen LogP contribution >= 0.6 is 0 Å². The van der Waals surface area contributed by atoms with Gasteiger partial charge in [0.25, 0.3) is 5.91 Å². The lowest BCUT2D eigenvalue weighted by atomic mass is 10.0. The second-order valence-electron chi connectivity index (χ2n) is 6.66. The number of rotatable bonds is 4. The number of amides is 3. The molecule has 1 atom stereocenters. The summed E-state index contributed by atoms with van der Waals surface area (Å²) in [6.07, 6.45) is -0.619. The molecule has 1 fully saturated rings. The summed E-state index contributed by atoms with van der Waals surface area (Å²) in [5.74, 6) is 0.597. The standard InChI is InChI=1S/C20H25N3O4/c1-22(2)19(24)18-13-23(10-11-27-18)20(25)21-12-16-15-7-5-4-6-14(15)8-9-17(16)26-3/h4-9,18H,10-13H2,1-3H3,(H,21,25)/t18-/m1/s1. The topological polar surface area (TPSA) is 71.1 Å². The van der Waals surface area contributed by atoms with Crippen LogP contribution in [-0.2, 0) is 16.1 Å². The summed E-state index contributed by atoms with van der Waals surface area (Å²) in [7, 11) is 4.98. The number of morpholine rings is 1. The molecule has 2 aromatic rings. The number of fused-ring (bicyclic) bond motifs is 1. The van der Waals surface area contributed by atoms with Gasteiger partial charge < -0.3 is 24.6 Å². The number of ether oxygens (including phenoxy) is 2. The second kappa shape index (κ2) is 8.26. The fourth-order valence-electron chi connectivity index (χ4n) is 3.24. The van der Waals surface area contributed by atoms with E-state index in [4.69, 9.17) is 9.47 Å². The molecule has 0 saturated carbocycles. The molecule has 0 spiro atoms. The number of likely N-dealkylation sites (N-methyl/N-ethyl adjacent to an activating group) is 1. The zero-order valence-corrected chi connectivity index (χ0v) is 15.9. The molecule has 0 unspecified atom stereocenters. The molecule has 1 aliphatic heterocycles. The van der Waals surface area contributed by atoms with Gasteiger partial charge in [-0.2, -0.15) is 0 Å². The van der Waals surface area contributed by atoms with E-state index >= 15 is 0 Å². The first-order chi connectivity index (χ1) is 13.0. The van der Waals surface area contributed by atoms with E-state index < -0.39 is 6.10 Å². The van der Waals surface area contributed by atoms with Gasteiger partial charge in [0, 0.05) is 32.7 Å². The Labute approximate surface area is 158 Å². The lowest BCUT2D eigenvalue weighted by Gasteiger charge is -2.33. The maximum atomic E-state index is 12.6. The van der Waals surface area contributed by atoms with Crippen LogP contribution in [0.4, 0.5) is 4.79 Å². The molecule has 7 nitrogen and oxygen atoms in total. The average molecular weight is 371 g/mol. The monoisotopic (exact) mass is 371 g/mol. The van der Waals surface area contributed by atoms with Crippen LogP contribution in [0.2, 0.25) is 0 Å². The lowest BCUT2D eigenvalue weighted by Crippen LogP contribution is -2.53. The number of methoxy groups -OCH3 is 1. The Kier molecular flexibility index (Phi) is 5.81. The third kappa shape index (κ3) is 4.14. The Morgan fingerprint density at radius 3 is 2.78 bits per heavy atom. The minimum atomic E-state index is -0.619.